The summed E-state index contributed by atoms with van der Waals surface area (Å²) in [7, 11) is 2.83. The molecule has 2 aliphatic heterocycles. The minimum Gasteiger partial charge on any atom is -0.398 e. The van der Waals surface area contributed by atoms with E-state index in [4.69, 9.17) is 14.4 Å². The van der Waals surface area contributed by atoms with E-state index in [2.05, 4.69) is 20.6 Å². The predicted octanol–water partition coefficient (Wildman–Crippen LogP) is 1.59. The van der Waals surface area contributed by atoms with Gasteiger partial charge in [-0.1, -0.05) is 51.9 Å². The largest absolute Gasteiger partial charge is 0.398 e. The van der Waals surface area contributed by atoms with Crippen LogP contribution < -0.4 is 9.80 Å². The average Bonchev–Trinajstić information content (AvgIpc) is 3.55. The lowest BCUT2D eigenvalue weighted by Crippen LogP contribution is -2.33. The van der Waals surface area contributed by atoms with E-state index in [1.165, 1.54) is 14.2 Å². The number of aromatic nitrogens is 3. The highest BCUT2D eigenvalue weighted by Gasteiger charge is 2.35. The van der Waals surface area contributed by atoms with Gasteiger partial charge in [0.25, 0.3) is 11.8 Å². The van der Waals surface area contributed by atoms with Gasteiger partial charge in [-0.05, 0) is 12.1 Å². The molecule has 0 aliphatic carbocycles. The van der Waals surface area contributed by atoms with Crippen molar-refractivity contribution >= 4 is 34.6 Å². The molecule has 0 spiro atoms. The third-order valence-electron chi connectivity index (χ3n) is 5.99. The molecule has 0 atom stereocenters. The first-order valence-corrected chi connectivity index (χ1v) is 11.6. The van der Waals surface area contributed by atoms with E-state index in [0.29, 0.717) is 32.0 Å². The lowest BCUT2D eigenvalue weighted by Gasteiger charge is -2.16. The van der Waals surface area contributed by atoms with E-state index in [0.717, 1.165) is 22.5 Å². The maximum atomic E-state index is 12.9. The van der Waals surface area contributed by atoms with E-state index < -0.39 is 0 Å². The monoisotopic (exact) mass is 503 g/mol. The highest BCUT2D eigenvalue weighted by molar-refractivity contribution is 6.54. The summed E-state index contributed by atoms with van der Waals surface area (Å²) >= 11 is 0. The van der Waals surface area contributed by atoms with Gasteiger partial charge in [0, 0.05) is 17.7 Å². The average molecular weight is 504 g/mol. The molecular formula is C25H25N7O5. The molecular weight excluding hydrogens is 478 g/mol. The van der Waals surface area contributed by atoms with Crippen LogP contribution in [-0.4, -0.2) is 72.2 Å². The van der Waals surface area contributed by atoms with Gasteiger partial charge in [-0.3, -0.25) is 9.59 Å². The van der Waals surface area contributed by atoms with Crippen molar-refractivity contribution in [3.8, 4) is 0 Å². The third kappa shape index (κ3) is 4.66. The fourth-order valence-corrected chi connectivity index (χ4v) is 4.36. The number of carbonyl (C=O) groups excluding carboxylic acids is 2. The number of amides is 2. The molecule has 0 saturated carbocycles. The molecule has 0 fully saturated rings. The number of rotatable bonds is 10. The van der Waals surface area contributed by atoms with Crippen molar-refractivity contribution in [2.45, 2.75) is 13.1 Å². The van der Waals surface area contributed by atoms with Crippen LogP contribution >= 0.6 is 0 Å². The minimum atomic E-state index is -0.252. The van der Waals surface area contributed by atoms with Crippen molar-refractivity contribution in [1.82, 2.24) is 15.0 Å². The molecule has 2 aliphatic rings. The Morgan fingerprint density at radius 3 is 2.00 bits per heavy atom. The Hall–Kier alpha value is -4.58. The van der Waals surface area contributed by atoms with Crippen LogP contribution in [0.15, 0.2) is 65.0 Å². The fourth-order valence-electron chi connectivity index (χ4n) is 4.36. The summed E-state index contributed by atoms with van der Waals surface area (Å²) in [6.45, 7) is 1.81. The molecule has 2 amide bonds. The Balaban J connectivity index is 1.14. The lowest BCUT2D eigenvalue weighted by molar-refractivity contribution is -0.113. The van der Waals surface area contributed by atoms with Crippen LogP contribution in [0.25, 0.3) is 0 Å². The van der Waals surface area contributed by atoms with Gasteiger partial charge in [0.15, 0.2) is 11.4 Å². The molecule has 12 heteroatoms. The number of fused-ring (bicyclic) bond motifs is 2. The number of benzene rings is 2. The summed E-state index contributed by atoms with van der Waals surface area (Å²) in [5, 5.41) is 16.1. The summed E-state index contributed by atoms with van der Waals surface area (Å²) < 4.78 is 7.42. The number of hydrogen-bond donors (Lipinski definition) is 0. The maximum absolute atomic E-state index is 12.9. The molecule has 0 bridgehead atoms. The van der Waals surface area contributed by atoms with Crippen LogP contribution in [0.4, 0.5) is 11.4 Å². The highest BCUT2D eigenvalue weighted by atomic mass is 16.6. The van der Waals surface area contributed by atoms with Crippen LogP contribution in [0, 0.1) is 0 Å². The number of ether oxygens (including phenoxy) is 1. The molecule has 5 rings (SSSR count). The Bertz CT molecular complexity index is 1380. The van der Waals surface area contributed by atoms with E-state index in [1.54, 1.807) is 20.7 Å². The zero-order valence-electron chi connectivity index (χ0n) is 20.4. The van der Waals surface area contributed by atoms with Crippen molar-refractivity contribution in [2.75, 3.05) is 43.8 Å². The third-order valence-corrected chi connectivity index (χ3v) is 5.99. The van der Waals surface area contributed by atoms with E-state index in [9.17, 15) is 9.59 Å². The number of para-hydroxylation sites is 2. The van der Waals surface area contributed by atoms with Gasteiger partial charge in [-0.2, -0.15) is 0 Å². The first kappa shape index (κ1) is 24.1. The van der Waals surface area contributed by atoms with Gasteiger partial charge in [0.2, 0.25) is 0 Å². The molecule has 1 aromatic heterocycles. The van der Waals surface area contributed by atoms with Crippen molar-refractivity contribution in [3.05, 3.63) is 71.5 Å². The second-order valence-electron chi connectivity index (χ2n) is 8.21. The number of carbonyl (C=O) groups is 2. The maximum Gasteiger partial charge on any atom is 0.281 e. The smallest absolute Gasteiger partial charge is 0.281 e. The Morgan fingerprint density at radius 2 is 1.35 bits per heavy atom. The van der Waals surface area contributed by atoms with Gasteiger partial charge < -0.3 is 24.2 Å². The zero-order chi connectivity index (χ0) is 25.8. The van der Waals surface area contributed by atoms with Crippen molar-refractivity contribution in [3.63, 3.8) is 0 Å². The van der Waals surface area contributed by atoms with Gasteiger partial charge in [-0.25, -0.2) is 4.68 Å². The molecule has 190 valence electrons. The van der Waals surface area contributed by atoms with Crippen molar-refractivity contribution in [2.24, 2.45) is 10.3 Å². The zero-order valence-corrected chi connectivity index (χ0v) is 20.4. The standard InChI is InChI=1S/C25H25N7O5/c1-35-27-22-18-7-3-5-9-20(18)31(24(22)33)12-14-37-13-11-30-15-17(26-29-30)16-32-21-10-6-4-8-19(21)23(25(32)34)28-36-2/h3-10,15H,11-14,16H2,1-2H3/b27-22+,28-23-. The van der Waals surface area contributed by atoms with E-state index in [-0.39, 0.29) is 29.8 Å². The molecule has 0 unspecified atom stereocenters. The summed E-state index contributed by atoms with van der Waals surface area (Å²) in [5.74, 6) is -0.470. The molecule has 3 aromatic rings. The van der Waals surface area contributed by atoms with Gasteiger partial charge >= 0.3 is 0 Å². The lowest BCUT2D eigenvalue weighted by atomic mass is 10.1. The molecule has 0 radical (unpaired) electrons. The van der Waals surface area contributed by atoms with Crippen LogP contribution in [0.1, 0.15) is 16.8 Å². The molecule has 12 nitrogen and oxygen atoms in total. The van der Waals surface area contributed by atoms with E-state index in [1.807, 2.05) is 48.5 Å². The summed E-state index contributed by atoms with van der Waals surface area (Å²) in [5.41, 5.74) is 4.17. The normalized spacial score (nSPS) is 16.6. The first-order valence-electron chi connectivity index (χ1n) is 11.6. The number of oxime groups is 2. The predicted molar refractivity (Wildman–Crippen MR) is 134 cm³/mol. The number of nitrogens with zero attached hydrogens (tertiary/aromatic N) is 7. The molecule has 2 aromatic carbocycles. The van der Waals surface area contributed by atoms with Gasteiger partial charge in [-0.15, -0.1) is 5.10 Å². The summed E-state index contributed by atoms with van der Waals surface area (Å²) in [4.78, 5) is 38.5. The molecule has 37 heavy (non-hydrogen) atoms. The quantitative estimate of drug-likeness (QED) is 0.304. The first-order chi connectivity index (χ1) is 18.1. The minimum absolute atomic E-state index is 0.218. The van der Waals surface area contributed by atoms with Crippen LogP contribution in [0.5, 0.6) is 0 Å². The van der Waals surface area contributed by atoms with E-state index >= 15 is 0 Å². The second-order valence-corrected chi connectivity index (χ2v) is 8.21. The topological polar surface area (TPSA) is 124 Å². The summed E-state index contributed by atoms with van der Waals surface area (Å²) in [6, 6.07) is 14.8. The molecule has 0 saturated heterocycles. The molecule has 0 N–H and O–H groups in total. The highest BCUT2D eigenvalue weighted by Crippen LogP contribution is 2.31. The van der Waals surface area contributed by atoms with Crippen LogP contribution in [0.3, 0.4) is 0 Å². The SMILES string of the molecule is CO/N=C1\C(=O)N(Cc2cn(CCOCCN3C(=O)/C(=N/OC)c4ccccc43)nn2)c2ccccc21. The molecule has 3 heterocycles. The second kappa shape index (κ2) is 10.6. The Labute approximate surface area is 212 Å². The number of hydrogen-bond acceptors (Lipinski definition) is 9. The summed E-state index contributed by atoms with van der Waals surface area (Å²) in [6.07, 6.45) is 1.78. The van der Waals surface area contributed by atoms with Crippen molar-refractivity contribution in [1.29, 1.82) is 0 Å². The Kier molecular flexibility index (Phi) is 6.90. The van der Waals surface area contributed by atoms with Gasteiger partial charge in [0.1, 0.15) is 19.9 Å². The van der Waals surface area contributed by atoms with Crippen LogP contribution in [-0.2, 0) is 37.1 Å². The number of anilines is 2. The fraction of sp³-hybridized carbons (Fsp3) is 0.280. The van der Waals surface area contributed by atoms with Crippen LogP contribution in [0.2, 0.25) is 0 Å². The Morgan fingerprint density at radius 1 is 0.784 bits per heavy atom. The van der Waals surface area contributed by atoms with Crippen molar-refractivity contribution < 1.29 is 24.0 Å². The van der Waals surface area contributed by atoms with Gasteiger partial charge in [0.05, 0.1) is 43.9 Å².